The number of nitro benzene ring substituents is 1. The van der Waals surface area contributed by atoms with Crippen LogP contribution in [0.1, 0.15) is 5.56 Å². The lowest BCUT2D eigenvalue weighted by Crippen LogP contribution is -2.06. The molecule has 0 spiro atoms. The first kappa shape index (κ1) is 13.0. The van der Waals surface area contributed by atoms with Crippen LogP contribution in [-0.2, 0) is 6.42 Å². The summed E-state index contributed by atoms with van der Waals surface area (Å²) in [7, 11) is 0. The Labute approximate surface area is 117 Å². The summed E-state index contributed by atoms with van der Waals surface area (Å²) in [5.41, 5.74) is 1.89. The largest absolute Gasteiger partial charge is 0.379 e. The molecule has 0 radical (unpaired) electrons. The molecular weight excluding hydrogens is 316 g/mol. The molecule has 6 heteroatoms. The molecule has 2 rings (SSSR count). The third-order valence-corrected chi connectivity index (χ3v) is 3.69. The molecule has 4 nitrogen and oxygen atoms in total. The molecule has 0 atom stereocenters. The molecule has 0 aliphatic rings. The Kier molecular flexibility index (Phi) is 4.33. The van der Waals surface area contributed by atoms with Gasteiger partial charge in [0.05, 0.1) is 4.92 Å². The smallest absolute Gasteiger partial charge is 0.292 e. The van der Waals surface area contributed by atoms with Crippen molar-refractivity contribution in [2.75, 3.05) is 11.9 Å². The molecule has 18 heavy (non-hydrogen) atoms. The predicted octanol–water partition coefficient (Wildman–Crippen LogP) is 4.07. The van der Waals surface area contributed by atoms with Crippen LogP contribution in [0, 0.1) is 10.1 Å². The van der Waals surface area contributed by atoms with E-state index in [4.69, 9.17) is 0 Å². The Morgan fingerprint density at radius 3 is 2.89 bits per heavy atom. The van der Waals surface area contributed by atoms with Gasteiger partial charge in [0.15, 0.2) is 0 Å². The van der Waals surface area contributed by atoms with E-state index in [1.165, 1.54) is 11.6 Å². The highest BCUT2D eigenvalue weighted by molar-refractivity contribution is 9.10. The van der Waals surface area contributed by atoms with E-state index in [9.17, 15) is 10.1 Å². The fraction of sp³-hybridized carbons (Fsp3) is 0.167. The molecule has 0 bridgehead atoms. The molecule has 0 saturated carbocycles. The van der Waals surface area contributed by atoms with E-state index in [1.54, 1.807) is 23.5 Å². The van der Waals surface area contributed by atoms with Gasteiger partial charge in [-0.3, -0.25) is 10.1 Å². The summed E-state index contributed by atoms with van der Waals surface area (Å²) in [4.78, 5) is 10.5. The summed E-state index contributed by atoms with van der Waals surface area (Å²) in [6.45, 7) is 0.675. The van der Waals surface area contributed by atoms with Gasteiger partial charge in [0.1, 0.15) is 5.69 Å². The van der Waals surface area contributed by atoms with Gasteiger partial charge in [-0.1, -0.05) is 15.9 Å². The summed E-state index contributed by atoms with van der Waals surface area (Å²) in [5.74, 6) is 0. The van der Waals surface area contributed by atoms with Crippen molar-refractivity contribution >= 4 is 38.6 Å². The van der Waals surface area contributed by atoms with Crippen LogP contribution >= 0.6 is 27.3 Å². The Bertz CT molecular complexity index is 543. The molecule has 2 aromatic rings. The highest BCUT2D eigenvalue weighted by Crippen LogP contribution is 2.27. The van der Waals surface area contributed by atoms with E-state index in [-0.39, 0.29) is 10.6 Å². The lowest BCUT2D eigenvalue weighted by Gasteiger charge is -2.06. The number of anilines is 1. The van der Waals surface area contributed by atoms with E-state index >= 15 is 0 Å². The molecule has 0 fully saturated rings. The van der Waals surface area contributed by atoms with E-state index in [0.717, 1.165) is 10.9 Å². The van der Waals surface area contributed by atoms with Gasteiger partial charge in [0.25, 0.3) is 5.69 Å². The SMILES string of the molecule is O=[N+]([O-])c1ccc(Br)cc1NCCc1ccsc1. The summed E-state index contributed by atoms with van der Waals surface area (Å²) in [6.07, 6.45) is 0.854. The number of hydrogen-bond acceptors (Lipinski definition) is 4. The highest BCUT2D eigenvalue weighted by atomic mass is 79.9. The van der Waals surface area contributed by atoms with Crippen LogP contribution in [-0.4, -0.2) is 11.5 Å². The molecule has 0 unspecified atom stereocenters. The number of rotatable bonds is 5. The molecule has 0 aliphatic heterocycles. The first-order chi connectivity index (χ1) is 8.66. The Morgan fingerprint density at radius 1 is 1.39 bits per heavy atom. The maximum Gasteiger partial charge on any atom is 0.292 e. The Balaban J connectivity index is 2.03. The van der Waals surface area contributed by atoms with Crippen LogP contribution in [0.2, 0.25) is 0 Å². The molecule has 1 aromatic carbocycles. The lowest BCUT2D eigenvalue weighted by molar-refractivity contribution is -0.384. The number of benzene rings is 1. The lowest BCUT2D eigenvalue weighted by atomic mass is 10.2. The van der Waals surface area contributed by atoms with Crippen molar-refractivity contribution in [1.29, 1.82) is 0 Å². The van der Waals surface area contributed by atoms with Crippen LogP contribution in [0.4, 0.5) is 11.4 Å². The number of hydrogen-bond donors (Lipinski definition) is 1. The monoisotopic (exact) mass is 326 g/mol. The van der Waals surface area contributed by atoms with Crippen molar-refractivity contribution in [2.24, 2.45) is 0 Å². The van der Waals surface area contributed by atoms with Crippen molar-refractivity contribution in [2.45, 2.75) is 6.42 Å². The molecule has 1 heterocycles. The summed E-state index contributed by atoms with van der Waals surface area (Å²) >= 11 is 4.97. The molecule has 0 saturated heterocycles. The quantitative estimate of drug-likeness (QED) is 0.665. The Hall–Kier alpha value is -1.40. The van der Waals surface area contributed by atoms with E-state index in [0.29, 0.717) is 12.2 Å². The second-order valence-electron chi connectivity index (χ2n) is 3.73. The van der Waals surface area contributed by atoms with Gasteiger partial charge in [-0.25, -0.2) is 0 Å². The van der Waals surface area contributed by atoms with Crippen molar-refractivity contribution in [3.63, 3.8) is 0 Å². The van der Waals surface area contributed by atoms with Gasteiger partial charge in [-0.05, 0) is 40.9 Å². The number of thiophene rings is 1. The van der Waals surface area contributed by atoms with Crippen LogP contribution in [0.3, 0.4) is 0 Å². The third-order valence-electron chi connectivity index (χ3n) is 2.46. The number of halogens is 1. The number of nitrogens with zero attached hydrogens (tertiary/aromatic N) is 1. The first-order valence-corrected chi connectivity index (χ1v) is 7.09. The zero-order valence-electron chi connectivity index (χ0n) is 9.43. The maximum atomic E-state index is 10.9. The number of nitrogens with one attached hydrogen (secondary N) is 1. The fourth-order valence-corrected chi connectivity index (χ4v) is 2.65. The normalized spacial score (nSPS) is 10.3. The van der Waals surface area contributed by atoms with Crippen LogP contribution in [0.25, 0.3) is 0 Å². The third kappa shape index (κ3) is 3.30. The average molecular weight is 327 g/mol. The zero-order valence-corrected chi connectivity index (χ0v) is 11.8. The average Bonchev–Trinajstić information content (AvgIpc) is 2.82. The molecule has 0 aliphatic carbocycles. The van der Waals surface area contributed by atoms with Gasteiger partial charge < -0.3 is 5.32 Å². The van der Waals surface area contributed by atoms with Gasteiger partial charge in [-0.2, -0.15) is 11.3 Å². The standard InChI is InChI=1S/C12H11BrN2O2S/c13-10-1-2-12(15(16)17)11(7-10)14-5-3-9-4-6-18-8-9/h1-2,4,6-8,14H,3,5H2. The van der Waals surface area contributed by atoms with E-state index < -0.39 is 0 Å². The van der Waals surface area contributed by atoms with Gasteiger partial charge in [0.2, 0.25) is 0 Å². The topological polar surface area (TPSA) is 55.2 Å². The molecule has 94 valence electrons. The van der Waals surface area contributed by atoms with Gasteiger partial charge in [0, 0.05) is 17.1 Å². The summed E-state index contributed by atoms with van der Waals surface area (Å²) in [6, 6.07) is 6.95. The van der Waals surface area contributed by atoms with Crippen LogP contribution in [0.15, 0.2) is 39.5 Å². The molecule has 1 N–H and O–H groups in total. The minimum absolute atomic E-state index is 0.100. The summed E-state index contributed by atoms with van der Waals surface area (Å²) < 4.78 is 0.825. The molecule has 0 amide bonds. The van der Waals surface area contributed by atoms with Crippen molar-refractivity contribution in [3.05, 3.63) is 55.2 Å². The van der Waals surface area contributed by atoms with Gasteiger partial charge >= 0.3 is 0 Å². The number of nitro groups is 1. The molecule has 1 aromatic heterocycles. The fourth-order valence-electron chi connectivity index (χ4n) is 1.59. The zero-order chi connectivity index (χ0) is 13.0. The minimum atomic E-state index is -0.376. The highest BCUT2D eigenvalue weighted by Gasteiger charge is 2.13. The van der Waals surface area contributed by atoms with E-state index in [2.05, 4.69) is 32.7 Å². The van der Waals surface area contributed by atoms with Gasteiger partial charge in [-0.15, -0.1) is 0 Å². The van der Waals surface area contributed by atoms with Crippen LogP contribution < -0.4 is 5.32 Å². The minimum Gasteiger partial charge on any atom is -0.379 e. The maximum absolute atomic E-state index is 10.9. The second-order valence-corrected chi connectivity index (χ2v) is 5.42. The Morgan fingerprint density at radius 2 is 2.22 bits per heavy atom. The predicted molar refractivity (Wildman–Crippen MR) is 77.3 cm³/mol. The second kappa shape index (κ2) is 5.97. The summed E-state index contributed by atoms with van der Waals surface area (Å²) in [5, 5.41) is 18.1. The first-order valence-electron chi connectivity index (χ1n) is 5.35. The van der Waals surface area contributed by atoms with E-state index in [1.807, 2.05) is 5.38 Å². The van der Waals surface area contributed by atoms with Crippen molar-refractivity contribution < 1.29 is 4.92 Å². The molecular formula is C12H11BrN2O2S. The van der Waals surface area contributed by atoms with Crippen molar-refractivity contribution in [1.82, 2.24) is 0 Å². The van der Waals surface area contributed by atoms with Crippen LogP contribution in [0.5, 0.6) is 0 Å². The van der Waals surface area contributed by atoms with Crippen molar-refractivity contribution in [3.8, 4) is 0 Å².